The highest BCUT2D eigenvalue weighted by Gasteiger charge is 2.28. The molecule has 0 amide bonds. The Hall–Kier alpha value is -0.420. The molecule has 0 bridgehead atoms. The molecule has 1 aliphatic rings. The Bertz CT molecular complexity index is 349. The maximum absolute atomic E-state index is 6.02. The van der Waals surface area contributed by atoms with E-state index in [1.807, 2.05) is 11.3 Å². The van der Waals surface area contributed by atoms with E-state index in [-0.39, 0.29) is 0 Å². The van der Waals surface area contributed by atoms with Crippen molar-refractivity contribution in [2.45, 2.75) is 38.3 Å². The lowest BCUT2D eigenvalue weighted by atomic mass is 9.91. The van der Waals surface area contributed by atoms with E-state index < -0.39 is 0 Å². The first-order chi connectivity index (χ1) is 9.22. The molecule has 19 heavy (non-hydrogen) atoms. The monoisotopic (exact) mass is 282 g/mol. The molecule has 1 saturated heterocycles. The number of hydrogen-bond acceptors (Lipinski definition) is 4. The largest absolute Gasteiger partial charge is 0.381 e. The van der Waals surface area contributed by atoms with E-state index in [2.05, 4.69) is 36.4 Å². The van der Waals surface area contributed by atoms with E-state index in [0.717, 1.165) is 26.2 Å². The van der Waals surface area contributed by atoms with E-state index >= 15 is 0 Å². The number of nitrogens with two attached hydrogens (primary N) is 1. The van der Waals surface area contributed by atoms with Crippen molar-refractivity contribution in [2.75, 3.05) is 26.8 Å². The van der Waals surface area contributed by atoms with Crippen LogP contribution in [0.5, 0.6) is 0 Å². The average Bonchev–Trinajstić information content (AvgIpc) is 2.93. The minimum Gasteiger partial charge on any atom is -0.381 e. The molecule has 0 spiro atoms. The van der Waals surface area contributed by atoms with Gasteiger partial charge in [-0.15, -0.1) is 11.3 Å². The second-order valence-electron chi connectivity index (χ2n) is 5.58. The predicted molar refractivity (Wildman–Crippen MR) is 81.6 cm³/mol. The minimum atomic E-state index is 0.440. The van der Waals surface area contributed by atoms with Crippen LogP contribution in [0.2, 0.25) is 0 Å². The molecule has 0 aromatic carbocycles. The molecular formula is C15H26N2OS. The van der Waals surface area contributed by atoms with Gasteiger partial charge in [0.1, 0.15) is 0 Å². The molecule has 3 unspecified atom stereocenters. The lowest BCUT2D eigenvalue weighted by Gasteiger charge is -2.39. The van der Waals surface area contributed by atoms with E-state index in [4.69, 9.17) is 10.5 Å². The van der Waals surface area contributed by atoms with Crippen molar-refractivity contribution in [3.63, 3.8) is 0 Å². The topological polar surface area (TPSA) is 38.5 Å². The first kappa shape index (κ1) is 15.0. The third-order valence-electron chi connectivity index (χ3n) is 4.28. The number of hydrogen-bond donors (Lipinski definition) is 1. The van der Waals surface area contributed by atoms with Gasteiger partial charge in [-0.05, 0) is 50.6 Å². The Morgan fingerprint density at radius 1 is 1.58 bits per heavy atom. The van der Waals surface area contributed by atoms with Crippen LogP contribution in [0.4, 0.5) is 0 Å². The second kappa shape index (κ2) is 7.39. The SMILES string of the molecule is CC(Cc1cccs1)N(C)C(CN)C1CCCOC1. The Labute approximate surface area is 120 Å². The van der Waals surface area contributed by atoms with Crippen molar-refractivity contribution in [2.24, 2.45) is 11.7 Å². The van der Waals surface area contributed by atoms with Crippen molar-refractivity contribution >= 4 is 11.3 Å². The van der Waals surface area contributed by atoms with Gasteiger partial charge < -0.3 is 10.5 Å². The van der Waals surface area contributed by atoms with Gasteiger partial charge in [-0.1, -0.05) is 6.07 Å². The molecule has 3 atom stereocenters. The molecule has 0 radical (unpaired) electrons. The molecule has 1 fully saturated rings. The highest BCUT2D eigenvalue weighted by Crippen LogP contribution is 2.23. The zero-order chi connectivity index (χ0) is 13.7. The molecule has 1 aromatic heterocycles. The van der Waals surface area contributed by atoms with Crippen LogP contribution in [0.3, 0.4) is 0 Å². The summed E-state index contributed by atoms with van der Waals surface area (Å²) in [6.07, 6.45) is 3.53. The lowest BCUT2D eigenvalue weighted by Crippen LogP contribution is -2.50. The standard InChI is InChI=1S/C15H26N2OS/c1-12(9-14-6-4-8-19-14)17(2)15(10-16)13-5-3-7-18-11-13/h4,6,8,12-13,15H,3,5,7,9-11,16H2,1-2H3. The quantitative estimate of drug-likeness (QED) is 0.870. The molecular weight excluding hydrogens is 256 g/mol. The van der Waals surface area contributed by atoms with Gasteiger partial charge in [0.2, 0.25) is 0 Å². The molecule has 2 rings (SSSR count). The predicted octanol–water partition coefficient (Wildman–Crippen LogP) is 2.36. The molecule has 3 nitrogen and oxygen atoms in total. The number of nitrogens with zero attached hydrogens (tertiary/aromatic N) is 1. The highest BCUT2D eigenvalue weighted by molar-refractivity contribution is 7.09. The lowest BCUT2D eigenvalue weighted by molar-refractivity contribution is 0.00921. The van der Waals surface area contributed by atoms with Gasteiger partial charge in [-0.2, -0.15) is 0 Å². The number of rotatable bonds is 6. The Morgan fingerprint density at radius 2 is 2.42 bits per heavy atom. The first-order valence-electron chi connectivity index (χ1n) is 7.24. The molecule has 2 N–H and O–H groups in total. The van der Waals surface area contributed by atoms with Crippen molar-refractivity contribution in [3.8, 4) is 0 Å². The summed E-state index contributed by atoms with van der Waals surface area (Å²) in [6, 6.07) is 5.31. The molecule has 0 aliphatic carbocycles. The fourth-order valence-corrected chi connectivity index (χ4v) is 3.78. The summed E-state index contributed by atoms with van der Waals surface area (Å²) in [5, 5.41) is 2.15. The fraction of sp³-hybridized carbons (Fsp3) is 0.733. The smallest absolute Gasteiger partial charge is 0.0509 e. The summed E-state index contributed by atoms with van der Waals surface area (Å²) in [7, 11) is 2.21. The van der Waals surface area contributed by atoms with Crippen LogP contribution in [0.15, 0.2) is 17.5 Å². The molecule has 1 aromatic rings. The molecule has 2 heterocycles. The van der Waals surface area contributed by atoms with E-state index in [0.29, 0.717) is 18.0 Å². The maximum Gasteiger partial charge on any atom is 0.0509 e. The number of ether oxygens (including phenoxy) is 1. The molecule has 108 valence electrons. The van der Waals surface area contributed by atoms with Gasteiger partial charge >= 0.3 is 0 Å². The average molecular weight is 282 g/mol. The maximum atomic E-state index is 6.02. The Kier molecular flexibility index (Phi) is 5.82. The Morgan fingerprint density at radius 3 is 3.00 bits per heavy atom. The van der Waals surface area contributed by atoms with Gasteiger partial charge in [0.25, 0.3) is 0 Å². The van der Waals surface area contributed by atoms with E-state index in [9.17, 15) is 0 Å². The van der Waals surface area contributed by atoms with Crippen LogP contribution in [0.25, 0.3) is 0 Å². The summed E-state index contributed by atoms with van der Waals surface area (Å²) in [4.78, 5) is 3.91. The van der Waals surface area contributed by atoms with E-state index in [1.165, 1.54) is 17.7 Å². The summed E-state index contributed by atoms with van der Waals surface area (Å²) in [5.41, 5.74) is 6.02. The zero-order valence-corrected chi connectivity index (χ0v) is 12.9. The molecule has 4 heteroatoms. The summed E-state index contributed by atoms with van der Waals surface area (Å²) in [5.74, 6) is 0.592. The van der Waals surface area contributed by atoms with Crippen molar-refractivity contribution in [3.05, 3.63) is 22.4 Å². The van der Waals surface area contributed by atoms with Gasteiger partial charge in [-0.25, -0.2) is 0 Å². The van der Waals surface area contributed by atoms with Gasteiger partial charge in [0, 0.05) is 30.1 Å². The van der Waals surface area contributed by atoms with Crippen LogP contribution in [-0.4, -0.2) is 43.8 Å². The minimum absolute atomic E-state index is 0.440. The normalized spacial score (nSPS) is 23.5. The third kappa shape index (κ3) is 4.02. The first-order valence-corrected chi connectivity index (χ1v) is 8.12. The summed E-state index contributed by atoms with van der Waals surface area (Å²) < 4.78 is 5.62. The fourth-order valence-electron chi connectivity index (χ4n) is 2.95. The number of thiophene rings is 1. The third-order valence-corrected chi connectivity index (χ3v) is 5.17. The zero-order valence-electron chi connectivity index (χ0n) is 12.0. The van der Waals surface area contributed by atoms with Gasteiger partial charge in [-0.3, -0.25) is 4.90 Å². The summed E-state index contributed by atoms with van der Waals surface area (Å²) >= 11 is 1.84. The van der Waals surface area contributed by atoms with Crippen molar-refractivity contribution in [1.29, 1.82) is 0 Å². The van der Waals surface area contributed by atoms with Crippen molar-refractivity contribution in [1.82, 2.24) is 4.90 Å². The van der Waals surface area contributed by atoms with E-state index in [1.54, 1.807) is 0 Å². The molecule has 1 aliphatic heterocycles. The van der Waals surface area contributed by atoms with Crippen LogP contribution >= 0.6 is 11.3 Å². The van der Waals surface area contributed by atoms with Gasteiger partial charge in [0.15, 0.2) is 0 Å². The van der Waals surface area contributed by atoms with Gasteiger partial charge in [0.05, 0.1) is 6.61 Å². The van der Waals surface area contributed by atoms with Crippen LogP contribution < -0.4 is 5.73 Å². The van der Waals surface area contributed by atoms with Crippen molar-refractivity contribution < 1.29 is 4.74 Å². The van der Waals surface area contributed by atoms with Crippen LogP contribution in [0, 0.1) is 5.92 Å². The van der Waals surface area contributed by atoms with Crippen LogP contribution in [-0.2, 0) is 11.2 Å². The molecule has 0 saturated carbocycles. The highest BCUT2D eigenvalue weighted by atomic mass is 32.1. The van der Waals surface area contributed by atoms with Crippen LogP contribution in [0.1, 0.15) is 24.6 Å². The Balaban J connectivity index is 1.92. The second-order valence-corrected chi connectivity index (χ2v) is 6.61. The summed E-state index contributed by atoms with van der Waals surface area (Å²) in [6.45, 7) is 4.81. The number of likely N-dealkylation sites (N-methyl/N-ethyl adjacent to an activating group) is 1.